The van der Waals surface area contributed by atoms with E-state index in [-0.39, 0.29) is 12.1 Å². The van der Waals surface area contributed by atoms with Crippen molar-refractivity contribution in [1.29, 1.82) is 0 Å². The van der Waals surface area contributed by atoms with E-state index in [1.807, 2.05) is 30.3 Å². The molecule has 34 heavy (non-hydrogen) atoms. The van der Waals surface area contributed by atoms with Gasteiger partial charge < -0.3 is 19.9 Å². The molecule has 172 valence electrons. The third-order valence-corrected chi connectivity index (χ3v) is 5.73. The fourth-order valence-corrected chi connectivity index (χ4v) is 4.02. The number of amides is 2. The average molecular weight is 476 g/mol. The standard InChI is InChI=1S/C26H22ClN3O4/c1-30-22(15-28-26(33)29-19-10-6-9-17(13-19)25(32)34-2)23(16-7-4-3-5-8-16)21-14-18(27)11-12-20(21)24(30)31/h3-14H,15H2,1-2H3,(H2,28,29,33). The molecule has 0 atom stereocenters. The molecule has 7 nitrogen and oxygen atoms in total. The summed E-state index contributed by atoms with van der Waals surface area (Å²) in [4.78, 5) is 37.5. The monoisotopic (exact) mass is 475 g/mol. The van der Waals surface area contributed by atoms with Crippen LogP contribution in [-0.2, 0) is 18.3 Å². The summed E-state index contributed by atoms with van der Waals surface area (Å²) in [6.45, 7) is 0.0843. The lowest BCUT2D eigenvalue weighted by molar-refractivity contribution is 0.0600. The third kappa shape index (κ3) is 4.65. The molecule has 3 aromatic carbocycles. The molecule has 4 aromatic rings. The van der Waals surface area contributed by atoms with Crippen LogP contribution < -0.4 is 16.2 Å². The number of hydrogen-bond acceptors (Lipinski definition) is 4. The highest BCUT2D eigenvalue weighted by atomic mass is 35.5. The first-order valence-electron chi connectivity index (χ1n) is 10.5. The zero-order chi connectivity index (χ0) is 24.2. The van der Waals surface area contributed by atoms with Crippen LogP contribution in [0.15, 0.2) is 77.6 Å². The van der Waals surface area contributed by atoms with E-state index in [1.165, 1.54) is 17.7 Å². The van der Waals surface area contributed by atoms with Crippen molar-refractivity contribution in [2.75, 3.05) is 12.4 Å². The Morgan fingerprint density at radius 1 is 0.971 bits per heavy atom. The largest absolute Gasteiger partial charge is 0.465 e. The number of halogens is 1. The smallest absolute Gasteiger partial charge is 0.337 e. The summed E-state index contributed by atoms with van der Waals surface area (Å²) in [5.41, 5.74) is 2.91. The Hall–Kier alpha value is -4.10. The number of hydrogen-bond donors (Lipinski definition) is 2. The third-order valence-electron chi connectivity index (χ3n) is 5.50. The normalized spacial score (nSPS) is 10.7. The molecule has 0 aliphatic carbocycles. The van der Waals surface area contributed by atoms with Crippen LogP contribution in [0.1, 0.15) is 16.1 Å². The minimum Gasteiger partial charge on any atom is -0.465 e. The number of ether oxygens (including phenoxy) is 1. The van der Waals surface area contributed by atoms with Crippen molar-refractivity contribution in [2.24, 2.45) is 7.05 Å². The van der Waals surface area contributed by atoms with E-state index in [0.29, 0.717) is 32.7 Å². The zero-order valence-corrected chi connectivity index (χ0v) is 19.3. The number of nitrogens with zero attached hydrogens (tertiary/aromatic N) is 1. The second-order valence-corrected chi connectivity index (χ2v) is 8.06. The number of aromatic nitrogens is 1. The summed E-state index contributed by atoms with van der Waals surface area (Å²) in [6, 6.07) is 20.7. The Bertz CT molecular complexity index is 1450. The first kappa shape index (κ1) is 23.1. The van der Waals surface area contributed by atoms with E-state index < -0.39 is 12.0 Å². The summed E-state index contributed by atoms with van der Waals surface area (Å²) in [5.74, 6) is -0.499. The van der Waals surface area contributed by atoms with Crippen molar-refractivity contribution in [1.82, 2.24) is 9.88 Å². The van der Waals surface area contributed by atoms with Gasteiger partial charge in [0.05, 0.1) is 19.2 Å². The predicted molar refractivity (Wildman–Crippen MR) is 133 cm³/mol. The number of rotatable bonds is 5. The van der Waals surface area contributed by atoms with Crippen LogP contribution in [0.3, 0.4) is 0 Å². The van der Waals surface area contributed by atoms with E-state index in [9.17, 15) is 14.4 Å². The molecule has 0 aliphatic heterocycles. The number of nitrogens with one attached hydrogen (secondary N) is 2. The maximum absolute atomic E-state index is 13.1. The molecular weight excluding hydrogens is 454 g/mol. The Morgan fingerprint density at radius 3 is 2.47 bits per heavy atom. The number of esters is 1. The Kier molecular flexibility index (Phi) is 6.65. The number of methoxy groups -OCH3 is 1. The van der Waals surface area contributed by atoms with Gasteiger partial charge in [0.2, 0.25) is 0 Å². The lowest BCUT2D eigenvalue weighted by Crippen LogP contribution is -2.32. The van der Waals surface area contributed by atoms with Crippen molar-refractivity contribution >= 4 is 40.1 Å². The lowest BCUT2D eigenvalue weighted by atomic mass is 9.96. The molecule has 0 bridgehead atoms. The Balaban J connectivity index is 1.68. The summed E-state index contributed by atoms with van der Waals surface area (Å²) in [6.07, 6.45) is 0. The second-order valence-electron chi connectivity index (χ2n) is 7.62. The van der Waals surface area contributed by atoms with Crippen LogP contribution in [-0.4, -0.2) is 23.7 Å². The van der Waals surface area contributed by atoms with Gasteiger partial charge in [0, 0.05) is 34.4 Å². The summed E-state index contributed by atoms with van der Waals surface area (Å²) in [5, 5.41) is 7.28. The average Bonchev–Trinajstić information content (AvgIpc) is 2.85. The molecular formula is C26H22ClN3O4. The molecule has 1 aromatic heterocycles. The van der Waals surface area contributed by atoms with Gasteiger partial charge in [-0.15, -0.1) is 0 Å². The highest BCUT2D eigenvalue weighted by molar-refractivity contribution is 6.31. The Labute approximate surface area is 200 Å². The van der Waals surface area contributed by atoms with Gasteiger partial charge in [-0.25, -0.2) is 9.59 Å². The molecule has 0 unspecified atom stereocenters. The number of carbonyl (C=O) groups is 2. The van der Waals surface area contributed by atoms with Crippen LogP contribution in [0.4, 0.5) is 10.5 Å². The molecule has 0 saturated heterocycles. The van der Waals surface area contributed by atoms with Crippen molar-refractivity contribution in [3.8, 4) is 11.1 Å². The minimum atomic E-state index is -0.499. The molecule has 8 heteroatoms. The van der Waals surface area contributed by atoms with Crippen LogP contribution in [0.25, 0.3) is 21.9 Å². The van der Waals surface area contributed by atoms with Gasteiger partial charge in [-0.1, -0.05) is 48.0 Å². The molecule has 0 spiro atoms. The number of urea groups is 1. The summed E-state index contributed by atoms with van der Waals surface area (Å²) in [7, 11) is 2.97. The maximum atomic E-state index is 13.1. The molecule has 0 aliphatic rings. The highest BCUT2D eigenvalue weighted by Crippen LogP contribution is 2.32. The molecule has 1 heterocycles. The van der Waals surface area contributed by atoms with Crippen LogP contribution in [0.2, 0.25) is 5.02 Å². The summed E-state index contributed by atoms with van der Waals surface area (Å²) < 4.78 is 6.25. The van der Waals surface area contributed by atoms with Gasteiger partial charge in [0.15, 0.2) is 0 Å². The van der Waals surface area contributed by atoms with E-state index in [4.69, 9.17) is 16.3 Å². The predicted octanol–water partition coefficient (Wildman–Crippen LogP) is 4.97. The van der Waals surface area contributed by atoms with Gasteiger partial charge in [0.25, 0.3) is 5.56 Å². The fourth-order valence-electron chi connectivity index (χ4n) is 3.85. The van der Waals surface area contributed by atoms with Crippen molar-refractivity contribution in [3.63, 3.8) is 0 Å². The van der Waals surface area contributed by atoms with E-state index in [1.54, 1.807) is 43.4 Å². The molecule has 0 fully saturated rings. The van der Waals surface area contributed by atoms with E-state index in [0.717, 1.165) is 11.1 Å². The lowest BCUT2D eigenvalue weighted by Gasteiger charge is -2.18. The number of carbonyl (C=O) groups excluding carboxylic acids is 2. The molecule has 0 radical (unpaired) electrons. The van der Waals surface area contributed by atoms with Gasteiger partial charge in [-0.2, -0.15) is 0 Å². The quantitative estimate of drug-likeness (QED) is 0.399. The first-order chi connectivity index (χ1) is 16.4. The number of anilines is 1. The minimum absolute atomic E-state index is 0.0843. The first-order valence-corrected chi connectivity index (χ1v) is 10.9. The molecule has 0 saturated carbocycles. The zero-order valence-electron chi connectivity index (χ0n) is 18.6. The van der Waals surface area contributed by atoms with Crippen LogP contribution in [0.5, 0.6) is 0 Å². The molecule has 4 rings (SSSR count). The van der Waals surface area contributed by atoms with Gasteiger partial charge in [0.1, 0.15) is 0 Å². The Morgan fingerprint density at radius 2 is 1.74 bits per heavy atom. The number of pyridine rings is 1. The summed E-state index contributed by atoms with van der Waals surface area (Å²) >= 11 is 6.26. The SMILES string of the molecule is COC(=O)c1cccc(NC(=O)NCc2c(-c3ccccc3)c3cc(Cl)ccc3c(=O)n2C)c1. The molecule has 2 amide bonds. The van der Waals surface area contributed by atoms with Gasteiger partial charge in [-0.3, -0.25) is 4.79 Å². The highest BCUT2D eigenvalue weighted by Gasteiger charge is 2.17. The molecule has 2 N–H and O–H groups in total. The van der Waals surface area contributed by atoms with Crippen molar-refractivity contribution < 1.29 is 14.3 Å². The van der Waals surface area contributed by atoms with Crippen molar-refractivity contribution in [3.05, 3.63) is 99.4 Å². The van der Waals surface area contributed by atoms with Crippen LogP contribution >= 0.6 is 11.6 Å². The number of fused-ring (bicyclic) bond motifs is 1. The van der Waals surface area contributed by atoms with Gasteiger partial charge >= 0.3 is 12.0 Å². The topological polar surface area (TPSA) is 89.4 Å². The van der Waals surface area contributed by atoms with Crippen LogP contribution in [0, 0.1) is 0 Å². The fraction of sp³-hybridized carbons (Fsp3) is 0.115. The van der Waals surface area contributed by atoms with E-state index >= 15 is 0 Å². The maximum Gasteiger partial charge on any atom is 0.337 e. The van der Waals surface area contributed by atoms with Crippen molar-refractivity contribution in [2.45, 2.75) is 6.54 Å². The second kappa shape index (κ2) is 9.80. The van der Waals surface area contributed by atoms with E-state index in [2.05, 4.69) is 10.6 Å². The van der Waals surface area contributed by atoms with Gasteiger partial charge in [-0.05, 0) is 47.3 Å². The number of benzene rings is 3.